The summed E-state index contributed by atoms with van der Waals surface area (Å²) in [7, 11) is 0. The number of benzene rings is 2. The topological polar surface area (TPSA) is 0 Å². The van der Waals surface area contributed by atoms with Crippen LogP contribution in [0.15, 0.2) is 36.4 Å². The molecule has 0 unspecified atom stereocenters. The Morgan fingerprint density at radius 1 is 0.571 bits per heavy atom. The number of unbranched alkanes of at least 4 members (excludes halogenated alkanes) is 6. The summed E-state index contributed by atoms with van der Waals surface area (Å²) in [5.74, 6) is 0. The molecule has 0 spiro atoms. The molecule has 0 saturated heterocycles. The summed E-state index contributed by atoms with van der Waals surface area (Å²) in [6.45, 7) is 0. The van der Waals surface area contributed by atoms with Crippen LogP contribution in [0.1, 0.15) is 75.3 Å². The summed E-state index contributed by atoms with van der Waals surface area (Å²) in [4.78, 5) is -0.434. The van der Waals surface area contributed by atoms with E-state index in [1.54, 1.807) is 5.56 Å². The van der Waals surface area contributed by atoms with Crippen molar-refractivity contribution in [1.29, 1.82) is 0 Å². The molecular weight excluding hydrogens is 430 g/mol. The molecule has 0 atom stereocenters. The van der Waals surface area contributed by atoms with Crippen LogP contribution < -0.4 is 0 Å². The molecular formula is C24H32Cl4. The van der Waals surface area contributed by atoms with Gasteiger partial charge in [-0.15, -0.1) is 46.4 Å². The van der Waals surface area contributed by atoms with Gasteiger partial charge in [-0.3, -0.25) is 0 Å². The molecule has 0 aliphatic heterocycles. The highest BCUT2D eigenvalue weighted by Crippen LogP contribution is 2.26. The van der Waals surface area contributed by atoms with Gasteiger partial charge >= 0.3 is 0 Å². The predicted octanol–water partition coefficient (Wildman–Crippen LogP) is 9.43. The van der Waals surface area contributed by atoms with E-state index in [1.165, 1.54) is 54.9 Å². The van der Waals surface area contributed by atoms with Gasteiger partial charge in [0.25, 0.3) is 0 Å². The number of alkyl halides is 4. The third kappa shape index (κ3) is 9.12. The van der Waals surface area contributed by atoms with Crippen LogP contribution in [0.5, 0.6) is 0 Å². The Hall–Kier alpha value is -0.140. The molecule has 0 nitrogen and oxygen atoms in total. The lowest BCUT2D eigenvalue weighted by molar-refractivity contribution is 0.617. The van der Waals surface area contributed by atoms with Gasteiger partial charge in [-0.1, -0.05) is 74.9 Å². The van der Waals surface area contributed by atoms with Crippen molar-refractivity contribution in [3.8, 4) is 0 Å². The van der Waals surface area contributed by atoms with Crippen molar-refractivity contribution < 1.29 is 0 Å². The Bertz CT molecular complexity index is 681. The number of hydrogen-bond acceptors (Lipinski definition) is 0. The van der Waals surface area contributed by atoms with Gasteiger partial charge in [0, 0.05) is 0 Å². The minimum absolute atomic E-state index is 0.216. The lowest BCUT2D eigenvalue weighted by Crippen LogP contribution is -1.98. The Kier molecular flexibility index (Phi) is 12.0. The highest BCUT2D eigenvalue weighted by molar-refractivity contribution is 6.44. The smallest absolute Gasteiger partial charge is 0.105 e. The monoisotopic (exact) mass is 460 g/mol. The van der Waals surface area contributed by atoms with E-state index in [9.17, 15) is 0 Å². The average molecular weight is 462 g/mol. The number of rotatable bonds is 14. The van der Waals surface area contributed by atoms with Crippen molar-refractivity contribution in [2.24, 2.45) is 0 Å². The second-order valence-electron chi connectivity index (χ2n) is 7.61. The molecule has 0 radical (unpaired) electrons. The van der Waals surface area contributed by atoms with Gasteiger partial charge in [0.15, 0.2) is 0 Å². The van der Waals surface area contributed by atoms with Crippen LogP contribution in [0.25, 0.3) is 10.8 Å². The molecule has 2 rings (SSSR count). The Morgan fingerprint density at radius 3 is 1.79 bits per heavy atom. The minimum atomic E-state index is -0.218. The summed E-state index contributed by atoms with van der Waals surface area (Å²) in [6, 6.07) is 13.4. The third-order valence-corrected chi connectivity index (χ3v) is 6.23. The first-order chi connectivity index (χ1) is 13.6. The van der Waals surface area contributed by atoms with Crippen molar-refractivity contribution in [2.75, 3.05) is 0 Å². The molecule has 0 heterocycles. The van der Waals surface area contributed by atoms with E-state index in [0.29, 0.717) is 0 Å². The van der Waals surface area contributed by atoms with Gasteiger partial charge in [-0.05, 0) is 60.4 Å². The SMILES string of the molecule is ClC(Cl)CCCCCCc1ccc2ccccc2c1CCCCCCC(Cl)Cl. The normalized spacial score (nSPS) is 11.8. The number of fused-ring (bicyclic) bond motifs is 1. The van der Waals surface area contributed by atoms with Gasteiger partial charge in [0.1, 0.15) is 9.67 Å². The van der Waals surface area contributed by atoms with Crippen LogP contribution in [0.4, 0.5) is 0 Å². The van der Waals surface area contributed by atoms with Gasteiger partial charge in [-0.2, -0.15) is 0 Å². The lowest BCUT2D eigenvalue weighted by Gasteiger charge is -2.14. The van der Waals surface area contributed by atoms with E-state index in [4.69, 9.17) is 46.4 Å². The average Bonchev–Trinajstić information content (AvgIpc) is 2.67. The summed E-state index contributed by atoms with van der Waals surface area (Å²) in [5.41, 5.74) is 3.07. The fourth-order valence-corrected chi connectivity index (χ4v) is 4.45. The van der Waals surface area contributed by atoms with E-state index in [2.05, 4.69) is 36.4 Å². The molecule has 0 N–H and O–H groups in total. The van der Waals surface area contributed by atoms with Crippen LogP contribution in [0, 0.1) is 0 Å². The van der Waals surface area contributed by atoms with Crippen LogP contribution in [0.2, 0.25) is 0 Å². The summed E-state index contributed by atoms with van der Waals surface area (Å²) in [6.07, 6.45) is 13.7. The van der Waals surface area contributed by atoms with E-state index in [1.807, 2.05) is 0 Å². The molecule has 0 fully saturated rings. The summed E-state index contributed by atoms with van der Waals surface area (Å²) < 4.78 is 0. The van der Waals surface area contributed by atoms with Crippen molar-refractivity contribution in [3.63, 3.8) is 0 Å². The molecule has 0 aliphatic rings. The van der Waals surface area contributed by atoms with Crippen molar-refractivity contribution in [2.45, 2.75) is 86.7 Å². The number of aryl methyl sites for hydroxylation is 2. The van der Waals surface area contributed by atoms with E-state index < -0.39 is 0 Å². The maximum absolute atomic E-state index is 5.82. The second-order valence-corrected chi connectivity index (χ2v) is 10.2. The fourth-order valence-electron chi connectivity index (χ4n) is 3.83. The lowest BCUT2D eigenvalue weighted by atomic mass is 9.91. The first kappa shape index (κ1) is 24.1. The Balaban J connectivity index is 1.89. The first-order valence-electron chi connectivity index (χ1n) is 10.6. The quantitative estimate of drug-likeness (QED) is 0.194. The number of halogens is 4. The predicted molar refractivity (Wildman–Crippen MR) is 129 cm³/mol. The first-order valence-corrected chi connectivity index (χ1v) is 12.4. The van der Waals surface area contributed by atoms with Gasteiger partial charge < -0.3 is 0 Å². The van der Waals surface area contributed by atoms with Gasteiger partial charge in [0.05, 0.1) is 0 Å². The van der Waals surface area contributed by atoms with E-state index in [-0.39, 0.29) is 9.67 Å². The zero-order chi connectivity index (χ0) is 20.2. The maximum Gasteiger partial charge on any atom is 0.107 e. The largest absolute Gasteiger partial charge is 0.107 e. The van der Waals surface area contributed by atoms with E-state index in [0.717, 1.165) is 38.5 Å². The zero-order valence-electron chi connectivity index (χ0n) is 16.6. The van der Waals surface area contributed by atoms with Crippen LogP contribution >= 0.6 is 46.4 Å². The highest BCUT2D eigenvalue weighted by atomic mass is 35.5. The fraction of sp³-hybridized carbons (Fsp3) is 0.583. The number of hydrogen-bond donors (Lipinski definition) is 0. The molecule has 0 aliphatic carbocycles. The molecule has 2 aromatic rings. The zero-order valence-corrected chi connectivity index (χ0v) is 19.6. The third-order valence-electron chi connectivity index (χ3n) is 5.36. The van der Waals surface area contributed by atoms with Crippen molar-refractivity contribution >= 4 is 57.2 Å². The van der Waals surface area contributed by atoms with Crippen molar-refractivity contribution in [1.82, 2.24) is 0 Å². The molecule has 0 amide bonds. The molecule has 0 aromatic heterocycles. The molecule has 2 aromatic carbocycles. The highest BCUT2D eigenvalue weighted by Gasteiger charge is 2.08. The van der Waals surface area contributed by atoms with E-state index >= 15 is 0 Å². The molecule has 28 heavy (non-hydrogen) atoms. The molecule has 0 saturated carbocycles. The second kappa shape index (κ2) is 14.0. The van der Waals surface area contributed by atoms with Gasteiger partial charge in [0.2, 0.25) is 0 Å². The molecule has 0 bridgehead atoms. The standard InChI is InChI=1S/C24H32Cl4/c25-23(26)15-7-3-1-5-11-19-17-18-20-12-9-10-14-22(20)21(19)13-6-2-4-8-16-24(27)28/h9-10,12,14,17-18,23-24H,1-8,11,13,15-16H2. The maximum atomic E-state index is 5.82. The van der Waals surface area contributed by atoms with Crippen molar-refractivity contribution in [3.05, 3.63) is 47.5 Å². The molecule has 4 heteroatoms. The van der Waals surface area contributed by atoms with Crippen LogP contribution in [-0.2, 0) is 12.8 Å². The Labute approximate surface area is 190 Å². The summed E-state index contributed by atoms with van der Waals surface area (Å²) in [5, 5.41) is 2.78. The van der Waals surface area contributed by atoms with Crippen LogP contribution in [0.3, 0.4) is 0 Å². The summed E-state index contributed by atoms with van der Waals surface area (Å²) >= 11 is 23.3. The molecule has 156 valence electrons. The van der Waals surface area contributed by atoms with Crippen LogP contribution in [-0.4, -0.2) is 9.67 Å². The minimum Gasteiger partial charge on any atom is -0.105 e. The Morgan fingerprint density at radius 2 is 1.14 bits per heavy atom. The van der Waals surface area contributed by atoms with Gasteiger partial charge in [-0.25, -0.2) is 0 Å².